The van der Waals surface area contributed by atoms with Crippen LogP contribution in [0.5, 0.6) is 0 Å². The van der Waals surface area contributed by atoms with Crippen molar-refractivity contribution in [1.82, 2.24) is 9.97 Å². The highest BCUT2D eigenvalue weighted by molar-refractivity contribution is 7.17. The van der Waals surface area contributed by atoms with Gasteiger partial charge in [-0.1, -0.05) is 30.3 Å². The summed E-state index contributed by atoms with van der Waals surface area (Å²) in [4.78, 5) is 23.7. The molecule has 1 aromatic carbocycles. The van der Waals surface area contributed by atoms with E-state index in [-0.39, 0.29) is 0 Å². The molecule has 3 N–H and O–H groups in total. The van der Waals surface area contributed by atoms with E-state index in [9.17, 15) is 9.90 Å². The average molecular weight is 354 g/mol. The Morgan fingerprint density at radius 2 is 2.08 bits per heavy atom. The number of rotatable bonds is 3. The molecule has 1 aliphatic heterocycles. The second-order valence-corrected chi connectivity index (χ2v) is 7.11. The van der Waals surface area contributed by atoms with Crippen molar-refractivity contribution in [3.8, 4) is 11.1 Å². The van der Waals surface area contributed by atoms with Gasteiger partial charge in [0.25, 0.3) is 0 Å². The fourth-order valence-corrected chi connectivity index (χ4v) is 4.37. The molecule has 3 heterocycles. The number of benzene rings is 1. The van der Waals surface area contributed by atoms with E-state index in [1.165, 1.54) is 0 Å². The summed E-state index contributed by atoms with van der Waals surface area (Å²) in [6, 6.07) is 9.46. The van der Waals surface area contributed by atoms with Crippen molar-refractivity contribution in [1.29, 1.82) is 0 Å². The summed E-state index contributed by atoms with van der Waals surface area (Å²) in [5, 5.41) is 13.0. The van der Waals surface area contributed by atoms with Crippen LogP contribution < -0.4 is 10.6 Å². The molecule has 0 bridgehead atoms. The van der Waals surface area contributed by atoms with E-state index in [1.807, 2.05) is 42.2 Å². The number of carbonyl (C=O) groups excluding carboxylic acids is 1. The summed E-state index contributed by atoms with van der Waals surface area (Å²) in [6.45, 7) is 2.17. The fourth-order valence-electron chi connectivity index (χ4n) is 3.38. The number of nitrogens with two attached hydrogens (primary N) is 1. The number of aliphatic hydroxyl groups excluding tert-OH is 1. The molecule has 3 aromatic rings. The Kier molecular flexibility index (Phi) is 3.89. The molecule has 1 saturated heterocycles. The van der Waals surface area contributed by atoms with Gasteiger partial charge in [0.1, 0.15) is 22.5 Å². The normalized spacial score (nSPS) is 20.3. The van der Waals surface area contributed by atoms with Gasteiger partial charge in [-0.15, -0.1) is 11.3 Å². The van der Waals surface area contributed by atoms with Gasteiger partial charge < -0.3 is 15.7 Å². The number of thiophene rings is 1. The molecular weight excluding hydrogens is 336 g/mol. The van der Waals surface area contributed by atoms with Gasteiger partial charge in [0, 0.05) is 23.9 Å². The molecule has 0 saturated carbocycles. The lowest BCUT2D eigenvalue weighted by molar-refractivity contribution is -0.119. The predicted molar refractivity (Wildman–Crippen MR) is 98.5 cm³/mol. The minimum Gasteiger partial charge on any atom is -0.391 e. The molecule has 7 heteroatoms. The molecule has 0 radical (unpaired) electrons. The molecule has 128 valence electrons. The number of anilines is 1. The second kappa shape index (κ2) is 6.09. The number of aliphatic hydroxyl groups is 1. The van der Waals surface area contributed by atoms with Crippen LogP contribution in [-0.2, 0) is 4.79 Å². The van der Waals surface area contributed by atoms with Crippen LogP contribution in [0, 0.1) is 6.92 Å². The Hall–Kier alpha value is -2.51. The smallest absolute Gasteiger partial charge is 0.240 e. The first-order valence-corrected chi connectivity index (χ1v) is 8.98. The van der Waals surface area contributed by atoms with Gasteiger partial charge in [-0.3, -0.25) is 4.79 Å². The number of aromatic nitrogens is 2. The van der Waals surface area contributed by atoms with Gasteiger partial charge in [-0.2, -0.15) is 0 Å². The molecule has 0 spiro atoms. The summed E-state index contributed by atoms with van der Waals surface area (Å²) in [5.41, 5.74) is 7.66. The van der Waals surface area contributed by atoms with Crippen LogP contribution >= 0.6 is 11.3 Å². The predicted octanol–water partition coefficient (Wildman–Crippen LogP) is 2.09. The Labute approximate surface area is 148 Å². The Balaban J connectivity index is 1.94. The quantitative estimate of drug-likeness (QED) is 0.751. The van der Waals surface area contributed by atoms with E-state index in [0.717, 1.165) is 21.3 Å². The van der Waals surface area contributed by atoms with Crippen molar-refractivity contribution in [3.63, 3.8) is 0 Å². The molecule has 0 aliphatic carbocycles. The van der Waals surface area contributed by atoms with Crippen molar-refractivity contribution in [2.75, 3.05) is 11.4 Å². The standard InChI is InChI=1S/C18H18N4O2S/c1-10-20-17(22-8-12(23)7-14(22)16(19)24)15-13(9-25-18(15)21-10)11-5-3-2-4-6-11/h2-6,9,12,14,23H,7-8H2,1H3,(H2,19,24)/t12-,14-/m0/s1. The summed E-state index contributed by atoms with van der Waals surface area (Å²) in [5.74, 6) is 0.856. The van der Waals surface area contributed by atoms with Gasteiger partial charge >= 0.3 is 0 Å². The number of fused-ring (bicyclic) bond motifs is 1. The van der Waals surface area contributed by atoms with Crippen LogP contribution in [0.15, 0.2) is 35.7 Å². The van der Waals surface area contributed by atoms with E-state index >= 15 is 0 Å². The molecule has 2 aromatic heterocycles. The SMILES string of the molecule is Cc1nc(N2C[C@@H](O)C[C@H]2C(N)=O)c2c(-c3ccccc3)csc2n1. The highest BCUT2D eigenvalue weighted by Gasteiger charge is 2.37. The number of aryl methyl sites for hydroxylation is 1. The maximum atomic E-state index is 11.9. The summed E-state index contributed by atoms with van der Waals surface area (Å²) < 4.78 is 0. The zero-order valence-electron chi connectivity index (χ0n) is 13.7. The first-order valence-electron chi connectivity index (χ1n) is 8.10. The maximum Gasteiger partial charge on any atom is 0.240 e. The molecule has 0 unspecified atom stereocenters. The molecule has 25 heavy (non-hydrogen) atoms. The van der Waals surface area contributed by atoms with E-state index in [0.29, 0.717) is 24.6 Å². The summed E-state index contributed by atoms with van der Waals surface area (Å²) in [7, 11) is 0. The Morgan fingerprint density at radius 1 is 1.32 bits per heavy atom. The van der Waals surface area contributed by atoms with Gasteiger partial charge in [0.2, 0.25) is 5.91 Å². The first kappa shape index (κ1) is 16.0. The number of hydrogen-bond acceptors (Lipinski definition) is 6. The molecule has 2 atom stereocenters. The number of hydrogen-bond donors (Lipinski definition) is 2. The van der Waals surface area contributed by atoms with E-state index < -0.39 is 18.1 Å². The van der Waals surface area contributed by atoms with Gasteiger partial charge in [0.15, 0.2) is 0 Å². The third-order valence-corrected chi connectivity index (χ3v) is 5.36. The highest BCUT2D eigenvalue weighted by atomic mass is 32.1. The average Bonchev–Trinajstić information content (AvgIpc) is 3.18. The number of β-amino-alcohol motifs (C(OH)–C–C–N with tert-alkyl or cyclic N) is 1. The second-order valence-electron chi connectivity index (χ2n) is 6.25. The number of primary amides is 1. The third kappa shape index (κ3) is 2.75. The fraction of sp³-hybridized carbons (Fsp3) is 0.278. The largest absolute Gasteiger partial charge is 0.391 e. The monoisotopic (exact) mass is 354 g/mol. The van der Waals surface area contributed by atoms with Crippen LogP contribution in [0.25, 0.3) is 21.3 Å². The van der Waals surface area contributed by atoms with Crippen LogP contribution in [0.4, 0.5) is 5.82 Å². The van der Waals surface area contributed by atoms with Gasteiger partial charge in [0.05, 0.1) is 11.5 Å². The molecule has 1 fully saturated rings. The van der Waals surface area contributed by atoms with Crippen molar-refractivity contribution in [2.45, 2.75) is 25.5 Å². The molecule has 1 aliphatic rings. The number of amides is 1. The zero-order chi connectivity index (χ0) is 17.6. The van der Waals surface area contributed by atoms with E-state index in [4.69, 9.17) is 5.73 Å². The minimum atomic E-state index is -0.596. The lowest BCUT2D eigenvalue weighted by Gasteiger charge is -2.24. The lowest BCUT2D eigenvalue weighted by atomic mass is 10.1. The topological polar surface area (TPSA) is 92.3 Å². The lowest BCUT2D eigenvalue weighted by Crippen LogP contribution is -2.41. The van der Waals surface area contributed by atoms with Gasteiger partial charge in [-0.05, 0) is 12.5 Å². The third-order valence-electron chi connectivity index (χ3n) is 4.49. The Morgan fingerprint density at radius 3 is 2.80 bits per heavy atom. The van der Waals surface area contributed by atoms with E-state index in [2.05, 4.69) is 15.3 Å². The van der Waals surface area contributed by atoms with Crippen LogP contribution in [-0.4, -0.2) is 39.7 Å². The zero-order valence-corrected chi connectivity index (χ0v) is 14.5. The van der Waals surface area contributed by atoms with Crippen molar-refractivity contribution in [3.05, 3.63) is 41.5 Å². The number of nitrogens with zero attached hydrogens (tertiary/aromatic N) is 3. The summed E-state index contributed by atoms with van der Waals surface area (Å²) >= 11 is 1.55. The van der Waals surface area contributed by atoms with Crippen LogP contribution in [0.3, 0.4) is 0 Å². The van der Waals surface area contributed by atoms with Crippen molar-refractivity contribution < 1.29 is 9.90 Å². The molecule has 6 nitrogen and oxygen atoms in total. The molecule has 4 rings (SSSR count). The molecule has 1 amide bonds. The van der Waals surface area contributed by atoms with E-state index in [1.54, 1.807) is 11.3 Å². The highest BCUT2D eigenvalue weighted by Crippen LogP contribution is 2.40. The molecular formula is C18H18N4O2S. The summed E-state index contributed by atoms with van der Waals surface area (Å²) in [6.07, 6.45) is -0.272. The minimum absolute atomic E-state index is 0.324. The van der Waals surface area contributed by atoms with Gasteiger partial charge in [-0.25, -0.2) is 9.97 Å². The van der Waals surface area contributed by atoms with Crippen molar-refractivity contribution in [2.24, 2.45) is 5.73 Å². The van der Waals surface area contributed by atoms with Crippen LogP contribution in [0.2, 0.25) is 0 Å². The Bertz CT molecular complexity index is 941. The van der Waals surface area contributed by atoms with Crippen LogP contribution in [0.1, 0.15) is 12.2 Å². The maximum absolute atomic E-state index is 11.9. The first-order chi connectivity index (χ1) is 12.0. The number of carbonyl (C=O) groups is 1. The van der Waals surface area contributed by atoms with Crippen molar-refractivity contribution >= 4 is 33.3 Å².